The van der Waals surface area contributed by atoms with E-state index in [1.165, 1.54) is 17.5 Å². The van der Waals surface area contributed by atoms with Gasteiger partial charge in [-0.1, -0.05) is 55.8 Å². The highest BCUT2D eigenvalue weighted by Crippen LogP contribution is 2.24. The largest absolute Gasteiger partial charge is 0.508 e. The number of hydrogen-bond acceptors (Lipinski definition) is 2. The van der Waals surface area contributed by atoms with Crippen LogP contribution in [-0.4, -0.2) is 11.1 Å². The van der Waals surface area contributed by atoms with Crippen molar-refractivity contribution >= 4 is 0 Å². The number of nitrogens with one attached hydrogen (secondary N) is 1. The van der Waals surface area contributed by atoms with Crippen LogP contribution in [0.2, 0.25) is 0 Å². The fourth-order valence-corrected chi connectivity index (χ4v) is 2.50. The fraction of sp³-hybridized carbons (Fsp3) is 0.333. The zero-order valence-corrected chi connectivity index (χ0v) is 12.2. The van der Waals surface area contributed by atoms with Crippen molar-refractivity contribution in [2.75, 3.05) is 0 Å². The molecule has 106 valence electrons. The standard InChI is InChI=1S/C18H23NO/c1-3-7-14(2)19-18(15-8-5-4-6-9-15)16-10-12-17(20)13-11-16/h4-6,8-14,18-20H,3,7H2,1-2H3. The molecule has 0 amide bonds. The molecule has 0 aliphatic carbocycles. The van der Waals surface area contributed by atoms with Gasteiger partial charge in [0.1, 0.15) is 5.75 Å². The van der Waals surface area contributed by atoms with E-state index in [-0.39, 0.29) is 6.04 Å². The molecule has 2 nitrogen and oxygen atoms in total. The van der Waals surface area contributed by atoms with E-state index in [0.717, 1.165) is 6.42 Å². The number of benzene rings is 2. The Morgan fingerprint density at radius 3 is 2.15 bits per heavy atom. The summed E-state index contributed by atoms with van der Waals surface area (Å²) in [5, 5.41) is 13.1. The van der Waals surface area contributed by atoms with E-state index >= 15 is 0 Å². The Labute approximate surface area is 121 Å². The molecule has 2 atom stereocenters. The predicted octanol–water partition coefficient (Wildman–Crippen LogP) is 4.26. The molecule has 0 aliphatic heterocycles. The van der Waals surface area contributed by atoms with Gasteiger partial charge in [-0.05, 0) is 36.6 Å². The van der Waals surface area contributed by atoms with Crippen molar-refractivity contribution in [1.82, 2.24) is 5.32 Å². The first-order valence-electron chi connectivity index (χ1n) is 7.30. The highest BCUT2D eigenvalue weighted by Gasteiger charge is 2.15. The predicted molar refractivity (Wildman–Crippen MR) is 83.9 cm³/mol. The van der Waals surface area contributed by atoms with Gasteiger partial charge in [0, 0.05) is 6.04 Å². The summed E-state index contributed by atoms with van der Waals surface area (Å²) in [6.45, 7) is 4.43. The lowest BCUT2D eigenvalue weighted by molar-refractivity contribution is 0.464. The van der Waals surface area contributed by atoms with Gasteiger partial charge in [0.25, 0.3) is 0 Å². The first-order chi connectivity index (χ1) is 9.70. The zero-order chi connectivity index (χ0) is 14.4. The van der Waals surface area contributed by atoms with Gasteiger partial charge in [0.15, 0.2) is 0 Å². The molecule has 2 rings (SSSR count). The molecular formula is C18H23NO. The number of phenolic OH excluding ortho intramolecular Hbond substituents is 1. The molecule has 2 heteroatoms. The van der Waals surface area contributed by atoms with Crippen LogP contribution in [0.5, 0.6) is 5.75 Å². The smallest absolute Gasteiger partial charge is 0.115 e. The average Bonchev–Trinajstić information content (AvgIpc) is 2.47. The van der Waals surface area contributed by atoms with Crippen molar-refractivity contribution in [3.63, 3.8) is 0 Å². The second-order valence-corrected chi connectivity index (χ2v) is 5.29. The SMILES string of the molecule is CCCC(C)NC(c1ccccc1)c1ccc(O)cc1. The third-order valence-electron chi connectivity index (χ3n) is 3.53. The Balaban J connectivity index is 2.26. The van der Waals surface area contributed by atoms with Crippen molar-refractivity contribution in [2.24, 2.45) is 0 Å². The van der Waals surface area contributed by atoms with Crippen molar-refractivity contribution in [3.05, 3.63) is 65.7 Å². The first kappa shape index (κ1) is 14.6. The van der Waals surface area contributed by atoms with E-state index in [2.05, 4.69) is 43.4 Å². The second-order valence-electron chi connectivity index (χ2n) is 5.29. The molecule has 0 saturated carbocycles. The summed E-state index contributed by atoms with van der Waals surface area (Å²) in [6, 6.07) is 18.5. The number of rotatable bonds is 6. The molecule has 0 heterocycles. The topological polar surface area (TPSA) is 32.3 Å². The van der Waals surface area contributed by atoms with Crippen molar-refractivity contribution < 1.29 is 5.11 Å². The van der Waals surface area contributed by atoms with E-state index in [0.29, 0.717) is 11.8 Å². The van der Waals surface area contributed by atoms with Crippen LogP contribution in [0.15, 0.2) is 54.6 Å². The Kier molecular flexibility index (Phi) is 5.19. The molecule has 2 aromatic carbocycles. The van der Waals surface area contributed by atoms with Crippen LogP contribution in [-0.2, 0) is 0 Å². The van der Waals surface area contributed by atoms with Crippen LogP contribution in [0.25, 0.3) is 0 Å². The third kappa shape index (κ3) is 3.84. The van der Waals surface area contributed by atoms with Crippen LogP contribution in [0.3, 0.4) is 0 Å². The number of hydrogen-bond donors (Lipinski definition) is 2. The summed E-state index contributed by atoms with van der Waals surface area (Å²) in [5.41, 5.74) is 2.43. The average molecular weight is 269 g/mol. The van der Waals surface area contributed by atoms with Gasteiger partial charge in [-0.3, -0.25) is 0 Å². The molecule has 20 heavy (non-hydrogen) atoms. The van der Waals surface area contributed by atoms with E-state index in [4.69, 9.17) is 0 Å². The highest BCUT2D eigenvalue weighted by molar-refractivity contribution is 5.35. The Bertz CT molecular complexity index is 507. The van der Waals surface area contributed by atoms with Crippen LogP contribution in [0, 0.1) is 0 Å². The summed E-state index contributed by atoms with van der Waals surface area (Å²) in [5.74, 6) is 0.308. The Morgan fingerprint density at radius 2 is 1.55 bits per heavy atom. The van der Waals surface area contributed by atoms with E-state index in [1.807, 2.05) is 18.2 Å². The minimum absolute atomic E-state index is 0.165. The minimum atomic E-state index is 0.165. The van der Waals surface area contributed by atoms with Crippen molar-refractivity contribution in [3.8, 4) is 5.75 Å². The molecule has 0 aliphatic rings. The molecule has 2 N–H and O–H groups in total. The zero-order valence-electron chi connectivity index (χ0n) is 12.2. The van der Waals surface area contributed by atoms with Crippen LogP contribution in [0.1, 0.15) is 43.9 Å². The van der Waals surface area contributed by atoms with Gasteiger partial charge in [0.05, 0.1) is 6.04 Å². The molecule has 0 saturated heterocycles. The molecule has 2 unspecified atom stereocenters. The van der Waals surface area contributed by atoms with Gasteiger partial charge in [-0.2, -0.15) is 0 Å². The molecule has 0 radical (unpaired) electrons. The van der Waals surface area contributed by atoms with Crippen LogP contribution >= 0.6 is 0 Å². The van der Waals surface area contributed by atoms with Crippen molar-refractivity contribution in [1.29, 1.82) is 0 Å². The number of aromatic hydroxyl groups is 1. The molecule has 2 aromatic rings. The summed E-state index contributed by atoms with van der Waals surface area (Å²) in [7, 11) is 0. The Hall–Kier alpha value is -1.80. The van der Waals surface area contributed by atoms with E-state index in [9.17, 15) is 5.11 Å². The van der Waals surface area contributed by atoms with Gasteiger partial charge in [0.2, 0.25) is 0 Å². The minimum Gasteiger partial charge on any atom is -0.508 e. The second kappa shape index (κ2) is 7.11. The lowest BCUT2D eigenvalue weighted by atomic mass is 9.97. The summed E-state index contributed by atoms with van der Waals surface area (Å²) >= 11 is 0. The molecular weight excluding hydrogens is 246 g/mol. The van der Waals surface area contributed by atoms with Gasteiger partial charge >= 0.3 is 0 Å². The lowest BCUT2D eigenvalue weighted by Gasteiger charge is -2.24. The van der Waals surface area contributed by atoms with Crippen molar-refractivity contribution in [2.45, 2.75) is 38.8 Å². The molecule has 0 spiro atoms. The number of phenols is 1. The normalized spacial score (nSPS) is 13.9. The summed E-state index contributed by atoms with van der Waals surface area (Å²) in [4.78, 5) is 0. The lowest BCUT2D eigenvalue weighted by Crippen LogP contribution is -2.31. The fourth-order valence-electron chi connectivity index (χ4n) is 2.50. The van der Waals surface area contributed by atoms with Crippen LogP contribution < -0.4 is 5.32 Å². The van der Waals surface area contributed by atoms with Gasteiger partial charge in [-0.15, -0.1) is 0 Å². The quantitative estimate of drug-likeness (QED) is 0.821. The van der Waals surface area contributed by atoms with Gasteiger partial charge < -0.3 is 10.4 Å². The molecule has 0 fully saturated rings. The summed E-state index contributed by atoms with van der Waals surface area (Å²) in [6.07, 6.45) is 2.33. The highest BCUT2D eigenvalue weighted by atomic mass is 16.3. The maximum Gasteiger partial charge on any atom is 0.115 e. The van der Waals surface area contributed by atoms with E-state index in [1.54, 1.807) is 12.1 Å². The van der Waals surface area contributed by atoms with Crippen LogP contribution in [0.4, 0.5) is 0 Å². The third-order valence-corrected chi connectivity index (χ3v) is 3.53. The summed E-state index contributed by atoms with van der Waals surface area (Å²) < 4.78 is 0. The molecule has 0 aromatic heterocycles. The Morgan fingerprint density at radius 1 is 0.950 bits per heavy atom. The first-order valence-corrected chi connectivity index (χ1v) is 7.30. The maximum atomic E-state index is 9.45. The molecule has 0 bridgehead atoms. The monoisotopic (exact) mass is 269 g/mol. The van der Waals surface area contributed by atoms with Gasteiger partial charge in [-0.25, -0.2) is 0 Å². The maximum absolute atomic E-state index is 9.45. The van der Waals surface area contributed by atoms with E-state index < -0.39 is 0 Å².